The number of piperidine rings is 1. The maximum absolute atomic E-state index is 14.1. The molecular weight excluding hydrogens is 557 g/mol. The molecule has 2 heterocycles. The Balaban J connectivity index is 1.54. The number of aromatic nitrogens is 1. The topological polar surface area (TPSA) is 108 Å². The summed E-state index contributed by atoms with van der Waals surface area (Å²) in [6, 6.07) is 11.6. The maximum Gasteiger partial charge on any atom is 0.417 e. The van der Waals surface area contributed by atoms with Gasteiger partial charge in [0.1, 0.15) is 5.15 Å². The van der Waals surface area contributed by atoms with E-state index in [9.17, 15) is 31.2 Å². The lowest BCUT2D eigenvalue weighted by Crippen LogP contribution is -2.46. The van der Waals surface area contributed by atoms with E-state index in [1.807, 2.05) is 0 Å². The van der Waals surface area contributed by atoms with Crippen LogP contribution in [0.2, 0.25) is 5.15 Å². The Morgan fingerprint density at radius 3 is 2.36 bits per heavy atom. The number of pyridine rings is 1. The van der Waals surface area contributed by atoms with Gasteiger partial charge in [-0.25, -0.2) is 18.1 Å². The average Bonchev–Trinajstić information content (AvgIpc) is 2.88. The second-order valence-electron chi connectivity index (χ2n) is 8.99. The van der Waals surface area contributed by atoms with E-state index in [0.717, 1.165) is 12.1 Å². The lowest BCUT2D eigenvalue weighted by molar-refractivity contribution is -0.139. The molecule has 8 nitrogen and oxygen atoms in total. The zero-order chi connectivity index (χ0) is 28.4. The molecule has 4 rings (SSSR count). The number of nitrogens with zero attached hydrogens (tertiary/aromatic N) is 2. The molecule has 1 saturated heterocycles. The molecule has 0 aliphatic carbocycles. The minimum atomic E-state index is -4.97. The Labute approximate surface area is 228 Å². The number of likely N-dealkylation sites (tertiary alicyclic amines) is 1. The molecule has 2 N–H and O–H groups in total. The third kappa shape index (κ3) is 6.75. The number of amides is 2. The van der Waals surface area contributed by atoms with Crippen LogP contribution in [0.5, 0.6) is 0 Å². The third-order valence-corrected chi connectivity index (χ3v) is 8.00. The number of para-hydroxylation sites is 1. The summed E-state index contributed by atoms with van der Waals surface area (Å²) in [4.78, 5) is 28.7. The van der Waals surface area contributed by atoms with Crippen molar-refractivity contribution in [2.75, 3.05) is 18.4 Å². The molecule has 0 radical (unpaired) electrons. The molecule has 13 heteroatoms. The van der Waals surface area contributed by atoms with Crippen LogP contribution in [0, 0.1) is 0 Å². The highest BCUT2D eigenvalue weighted by Gasteiger charge is 2.38. The Morgan fingerprint density at radius 2 is 1.74 bits per heavy atom. The predicted molar refractivity (Wildman–Crippen MR) is 140 cm³/mol. The fraction of sp³-hybridized carbons (Fsp3) is 0.269. The van der Waals surface area contributed by atoms with Crippen LogP contribution in [0.25, 0.3) is 11.1 Å². The van der Waals surface area contributed by atoms with Crippen molar-refractivity contribution < 1.29 is 31.2 Å². The van der Waals surface area contributed by atoms with Crippen molar-refractivity contribution in [3.8, 4) is 11.1 Å². The standard InChI is InChI=1S/C26H24ClF3N4O4S/c1-16(35)32-22-5-3-2-4-20(22)17-6-8-23(21(14-17)26(28,29)30)39(37,38)33-19-10-12-34(13-11-19)25(36)18-7-9-24(27)31-15-18/h2-9,14-15,19,33H,10-13H2,1H3,(H,32,35). The fourth-order valence-electron chi connectivity index (χ4n) is 4.36. The van der Waals surface area contributed by atoms with Gasteiger partial charge in [0.2, 0.25) is 15.9 Å². The van der Waals surface area contributed by atoms with Gasteiger partial charge >= 0.3 is 6.18 Å². The summed E-state index contributed by atoms with van der Waals surface area (Å²) in [5, 5.41) is 2.80. The summed E-state index contributed by atoms with van der Waals surface area (Å²) in [5.41, 5.74) is -0.305. The van der Waals surface area contributed by atoms with E-state index in [-0.39, 0.29) is 42.6 Å². The molecule has 1 fully saturated rings. The van der Waals surface area contributed by atoms with Gasteiger partial charge < -0.3 is 10.2 Å². The summed E-state index contributed by atoms with van der Waals surface area (Å²) >= 11 is 5.75. The molecule has 0 bridgehead atoms. The summed E-state index contributed by atoms with van der Waals surface area (Å²) in [5.74, 6) is -0.700. The van der Waals surface area contributed by atoms with E-state index in [2.05, 4.69) is 15.0 Å². The molecule has 0 spiro atoms. The quantitative estimate of drug-likeness (QED) is 0.401. The minimum Gasteiger partial charge on any atom is -0.338 e. The molecule has 39 heavy (non-hydrogen) atoms. The lowest BCUT2D eigenvalue weighted by Gasteiger charge is -2.32. The van der Waals surface area contributed by atoms with E-state index in [0.29, 0.717) is 16.8 Å². The van der Waals surface area contributed by atoms with Gasteiger partial charge in [0.05, 0.1) is 16.0 Å². The molecule has 0 saturated carbocycles. The first-order valence-corrected chi connectivity index (χ1v) is 13.7. The molecule has 2 amide bonds. The SMILES string of the molecule is CC(=O)Nc1ccccc1-c1ccc(S(=O)(=O)NC2CCN(C(=O)c3ccc(Cl)nc3)CC2)c(C(F)(F)F)c1. The molecule has 1 aliphatic rings. The van der Waals surface area contributed by atoms with Crippen molar-refractivity contribution in [3.05, 3.63) is 77.1 Å². The van der Waals surface area contributed by atoms with Gasteiger partial charge in [-0.3, -0.25) is 9.59 Å². The first-order chi connectivity index (χ1) is 18.3. The third-order valence-electron chi connectivity index (χ3n) is 6.20. The molecule has 1 aromatic heterocycles. The number of halogens is 4. The second-order valence-corrected chi connectivity index (χ2v) is 11.1. The highest BCUT2D eigenvalue weighted by molar-refractivity contribution is 7.89. The Bertz CT molecular complexity index is 1490. The Kier molecular flexibility index (Phi) is 8.28. The zero-order valence-electron chi connectivity index (χ0n) is 20.6. The van der Waals surface area contributed by atoms with Gasteiger partial charge in [-0.15, -0.1) is 0 Å². The maximum atomic E-state index is 14.1. The van der Waals surface area contributed by atoms with Crippen molar-refractivity contribution >= 4 is 39.1 Å². The van der Waals surface area contributed by atoms with Gasteiger partial charge in [-0.1, -0.05) is 35.9 Å². The number of carbonyl (C=O) groups is 2. The lowest BCUT2D eigenvalue weighted by atomic mass is 10.0. The highest BCUT2D eigenvalue weighted by Crippen LogP contribution is 2.38. The normalized spacial score (nSPS) is 14.7. The number of anilines is 1. The van der Waals surface area contributed by atoms with Gasteiger partial charge in [0.15, 0.2) is 0 Å². The molecule has 1 aliphatic heterocycles. The molecule has 3 aromatic rings. The Hall–Kier alpha value is -3.48. The number of nitrogens with one attached hydrogen (secondary N) is 2. The number of hydrogen-bond acceptors (Lipinski definition) is 5. The molecule has 206 valence electrons. The summed E-state index contributed by atoms with van der Waals surface area (Å²) < 4.78 is 70.8. The number of carbonyl (C=O) groups excluding carboxylic acids is 2. The van der Waals surface area contributed by atoms with Gasteiger partial charge in [-0.2, -0.15) is 13.2 Å². The molecular formula is C26H24ClF3N4O4S. The second kappa shape index (κ2) is 11.3. The summed E-state index contributed by atoms with van der Waals surface area (Å²) in [6.07, 6.45) is -3.19. The van der Waals surface area contributed by atoms with Crippen molar-refractivity contribution in [2.45, 2.75) is 36.9 Å². The molecule has 0 atom stereocenters. The molecule has 2 aromatic carbocycles. The number of rotatable bonds is 6. The van der Waals surface area contributed by atoms with Crippen LogP contribution in [0.1, 0.15) is 35.7 Å². The van der Waals surface area contributed by atoms with E-state index in [4.69, 9.17) is 11.6 Å². The van der Waals surface area contributed by atoms with E-state index < -0.39 is 38.6 Å². The molecule has 0 unspecified atom stereocenters. The van der Waals surface area contributed by atoms with Gasteiger partial charge in [0, 0.05) is 43.5 Å². The first kappa shape index (κ1) is 28.5. The summed E-state index contributed by atoms with van der Waals surface area (Å²) in [7, 11) is -4.56. The number of benzene rings is 2. The summed E-state index contributed by atoms with van der Waals surface area (Å²) in [6.45, 7) is 1.69. The van der Waals surface area contributed by atoms with E-state index in [1.165, 1.54) is 48.4 Å². The van der Waals surface area contributed by atoms with Crippen molar-refractivity contribution in [1.82, 2.24) is 14.6 Å². The predicted octanol–water partition coefficient (Wildman–Crippen LogP) is 4.96. The van der Waals surface area contributed by atoms with Crippen LogP contribution < -0.4 is 10.0 Å². The average molecular weight is 581 g/mol. The van der Waals surface area contributed by atoms with Gasteiger partial charge in [-0.05, 0) is 48.7 Å². The fourth-order valence-corrected chi connectivity index (χ4v) is 5.98. The highest BCUT2D eigenvalue weighted by atomic mass is 35.5. The van der Waals surface area contributed by atoms with Crippen LogP contribution in [0.15, 0.2) is 65.7 Å². The van der Waals surface area contributed by atoms with E-state index in [1.54, 1.807) is 12.1 Å². The monoisotopic (exact) mass is 580 g/mol. The zero-order valence-corrected chi connectivity index (χ0v) is 22.2. The van der Waals surface area contributed by atoms with Crippen LogP contribution in [-0.2, 0) is 21.0 Å². The Morgan fingerprint density at radius 1 is 1.05 bits per heavy atom. The minimum absolute atomic E-state index is 0.0918. The van der Waals surface area contributed by atoms with Crippen LogP contribution in [-0.4, -0.2) is 49.2 Å². The van der Waals surface area contributed by atoms with Gasteiger partial charge in [0.25, 0.3) is 5.91 Å². The number of sulfonamides is 1. The smallest absolute Gasteiger partial charge is 0.338 e. The van der Waals surface area contributed by atoms with Crippen LogP contribution in [0.3, 0.4) is 0 Å². The van der Waals surface area contributed by atoms with Crippen molar-refractivity contribution in [1.29, 1.82) is 0 Å². The van der Waals surface area contributed by atoms with Crippen molar-refractivity contribution in [2.24, 2.45) is 0 Å². The largest absolute Gasteiger partial charge is 0.417 e. The van der Waals surface area contributed by atoms with Crippen LogP contribution in [0.4, 0.5) is 18.9 Å². The number of hydrogen-bond donors (Lipinski definition) is 2. The van der Waals surface area contributed by atoms with Crippen molar-refractivity contribution in [3.63, 3.8) is 0 Å². The van der Waals surface area contributed by atoms with E-state index >= 15 is 0 Å². The first-order valence-electron chi connectivity index (χ1n) is 11.9. The van der Waals surface area contributed by atoms with Crippen LogP contribution >= 0.6 is 11.6 Å². The number of alkyl halides is 3.